The van der Waals surface area contributed by atoms with Crippen molar-refractivity contribution in [1.29, 1.82) is 0 Å². The van der Waals surface area contributed by atoms with E-state index in [-0.39, 0.29) is 12.5 Å². The average Bonchev–Trinajstić information content (AvgIpc) is 3.40. The smallest absolute Gasteiger partial charge is 0.338 e. The lowest BCUT2D eigenvalue weighted by Crippen LogP contribution is -2.22. The highest BCUT2D eigenvalue weighted by Gasteiger charge is 2.29. The first-order valence-electron chi connectivity index (χ1n) is 15.2. The van der Waals surface area contributed by atoms with E-state index in [4.69, 9.17) is 4.74 Å². The highest BCUT2D eigenvalue weighted by atomic mass is 16.5. The molecule has 2 N–H and O–H groups in total. The summed E-state index contributed by atoms with van der Waals surface area (Å²) in [6, 6.07) is 44.4. The number of carbonyl (C=O) groups is 2. The van der Waals surface area contributed by atoms with E-state index in [9.17, 15) is 9.59 Å². The molecule has 6 heteroatoms. The molecule has 1 heterocycles. The Morgan fingerprint density at radius 2 is 1.24 bits per heavy atom. The minimum Gasteiger partial charge on any atom is -0.462 e. The molecule has 0 spiro atoms. The molecule has 0 fully saturated rings. The zero-order valence-corrected chi connectivity index (χ0v) is 25.2. The number of amides is 1. The van der Waals surface area contributed by atoms with Crippen LogP contribution >= 0.6 is 0 Å². The first-order valence-corrected chi connectivity index (χ1v) is 15.2. The summed E-state index contributed by atoms with van der Waals surface area (Å²) < 4.78 is 5.15. The highest BCUT2D eigenvalue weighted by molar-refractivity contribution is 6.37. The molecule has 0 radical (unpaired) electrons. The van der Waals surface area contributed by atoms with Crippen LogP contribution in [-0.4, -0.2) is 23.4 Å². The Morgan fingerprint density at radius 3 is 1.82 bits per heavy atom. The zero-order chi connectivity index (χ0) is 31.0. The molecule has 0 atom stereocenters. The van der Waals surface area contributed by atoms with Gasteiger partial charge in [0.25, 0.3) is 5.91 Å². The van der Waals surface area contributed by atoms with E-state index < -0.39 is 5.97 Å². The van der Waals surface area contributed by atoms with Gasteiger partial charge in [-0.05, 0) is 53.4 Å². The monoisotopic (exact) mass is 593 g/mol. The van der Waals surface area contributed by atoms with Gasteiger partial charge in [-0.2, -0.15) is 0 Å². The number of anilines is 2. The number of rotatable bonds is 11. The van der Waals surface area contributed by atoms with Crippen LogP contribution < -0.4 is 10.6 Å². The lowest BCUT2D eigenvalue weighted by Gasteiger charge is -2.23. The van der Waals surface area contributed by atoms with Crippen LogP contribution in [0.25, 0.3) is 11.3 Å². The number of nitrogens with zero attached hydrogens (tertiary/aromatic N) is 1. The molecule has 0 bridgehead atoms. The maximum Gasteiger partial charge on any atom is 0.338 e. The molecular formula is C39H35N3O3. The Labute approximate surface area is 264 Å². The molecule has 0 saturated heterocycles. The van der Waals surface area contributed by atoms with Crippen LogP contribution in [0.1, 0.15) is 45.1 Å². The maximum absolute atomic E-state index is 13.4. The molecule has 1 amide bonds. The number of carbonyl (C=O) groups excluding carboxylic acids is 2. The number of fused-ring (bicyclic) bond motifs is 1. The average molecular weight is 594 g/mol. The van der Waals surface area contributed by atoms with Gasteiger partial charge in [0.05, 0.1) is 29.1 Å². The molecule has 5 aromatic carbocycles. The molecule has 0 saturated carbocycles. The van der Waals surface area contributed by atoms with Gasteiger partial charge in [-0.1, -0.05) is 109 Å². The van der Waals surface area contributed by atoms with E-state index in [0.29, 0.717) is 22.5 Å². The minimum absolute atomic E-state index is 0.230. The first-order chi connectivity index (χ1) is 22.1. The largest absolute Gasteiger partial charge is 0.462 e. The van der Waals surface area contributed by atoms with Gasteiger partial charge in [0.2, 0.25) is 0 Å². The predicted octanol–water partition coefficient (Wildman–Crippen LogP) is 8.00. The second kappa shape index (κ2) is 13.9. The quantitative estimate of drug-likeness (QED) is 0.120. The van der Waals surface area contributed by atoms with Gasteiger partial charge in [0, 0.05) is 30.9 Å². The van der Waals surface area contributed by atoms with E-state index in [1.165, 1.54) is 16.7 Å². The zero-order valence-electron chi connectivity index (χ0n) is 25.2. The molecule has 0 aliphatic carbocycles. The third-order valence-corrected chi connectivity index (χ3v) is 7.72. The van der Waals surface area contributed by atoms with Gasteiger partial charge < -0.3 is 15.4 Å². The normalized spacial score (nSPS) is 13.2. The summed E-state index contributed by atoms with van der Waals surface area (Å²) in [5.41, 5.74) is 8.42. The Bertz CT molecular complexity index is 1760. The van der Waals surface area contributed by atoms with Crippen LogP contribution in [-0.2, 0) is 29.2 Å². The molecule has 5 aromatic rings. The molecule has 45 heavy (non-hydrogen) atoms. The Morgan fingerprint density at radius 1 is 0.689 bits per heavy atom. The van der Waals surface area contributed by atoms with Crippen LogP contribution in [0, 0.1) is 0 Å². The number of hydrogen-bond donors (Lipinski definition) is 2. The van der Waals surface area contributed by atoms with Crippen LogP contribution in [0.15, 0.2) is 133 Å². The van der Waals surface area contributed by atoms with Gasteiger partial charge in [-0.3, -0.25) is 9.69 Å². The Balaban J connectivity index is 1.27. The Hall–Kier alpha value is -5.46. The lowest BCUT2D eigenvalue weighted by molar-refractivity contribution is -0.110. The van der Waals surface area contributed by atoms with Crippen molar-refractivity contribution in [2.24, 2.45) is 0 Å². The summed E-state index contributed by atoms with van der Waals surface area (Å²) in [5.74, 6) is -0.647. The van der Waals surface area contributed by atoms with Crippen molar-refractivity contribution in [2.45, 2.75) is 26.6 Å². The van der Waals surface area contributed by atoms with Gasteiger partial charge >= 0.3 is 5.97 Å². The molecule has 224 valence electrons. The Kier molecular flexibility index (Phi) is 9.14. The van der Waals surface area contributed by atoms with E-state index in [2.05, 4.69) is 88.3 Å². The van der Waals surface area contributed by atoms with E-state index in [0.717, 1.165) is 36.4 Å². The summed E-state index contributed by atoms with van der Waals surface area (Å²) in [7, 11) is 0. The maximum atomic E-state index is 13.4. The number of hydrogen-bond acceptors (Lipinski definition) is 5. The molecule has 6 nitrogen and oxygen atoms in total. The van der Waals surface area contributed by atoms with Crippen LogP contribution in [0.2, 0.25) is 0 Å². The first kappa shape index (κ1) is 29.6. The van der Waals surface area contributed by atoms with E-state index in [1.54, 1.807) is 25.1 Å². The topological polar surface area (TPSA) is 70.7 Å². The SMILES string of the molecule is CCOC(=O)c1ccc2c(c1)NC(=O)/C2=C(\Nc1ccc(CN(Cc2ccccc2)Cc2ccccc2)cc1)c1ccccc1. The number of nitrogens with one attached hydrogen (secondary N) is 2. The second-order valence-electron chi connectivity index (χ2n) is 11.0. The summed E-state index contributed by atoms with van der Waals surface area (Å²) in [6.07, 6.45) is 0. The molecule has 1 aliphatic rings. The number of benzene rings is 5. The summed E-state index contributed by atoms with van der Waals surface area (Å²) >= 11 is 0. The molecule has 1 aliphatic heterocycles. The highest BCUT2D eigenvalue weighted by Crippen LogP contribution is 2.38. The van der Waals surface area contributed by atoms with Crippen molar-refractivity contribution in [3.63, 3.8) is 0 Å². The number of ether oxygens (including phenoxy) is 1. The molecule has 0 unspecified atom stereocenters. The van der Waals surface area contributed by atoms with Crippen molar-refractivity contribution in [3.05, 3.63) is 167 Å². The molecular weight excluding hydrogens is 558 g/mol. The van der Waals surface area contributed by atoms with Crippen molar-refractivity contribution >= 4 is 34.5 Å². The van der Waals surface area contributed by atoms with Gasteiger partial charge in [-0.25, -0.2) is 4.79 Å². The van der Waals surface area contributed by atoms with Gasteiger partial charge in [-0.15, -0.1) is 0 Å². The predicted molar refractivity (Wildman–Crippen MR) is 180 cm³/mol. The van der Waals surface area contributed by atoms with Crippen LogP contribution in [0.4, 0.5) is 11.4 Å². The van der Waals surface area contributed by atoms with E-state index >= 15 is 0 Å². The minimum atomic E-state index is -0.417. The standard InChI is InChI=1S/C39H35N3O3/c1-2-45-39(44)32-20-23-34-35(24-32)41-38(43)36(34)37(31-16-10-5-11-17-31)40-33-21-18-30(19-22-33)27-42(25-28-12-6-3-7-13-28)26-29-14-8-4-9-15-29/h3-24,40H,2,25-27H2,1H3,(H,41,43)/b37-36-. The fraction of sp³-hybridized carbons (Fsp3) is 0.128. The third-order valence-electron chi connectivity index (χ3n) is 7.72. The lowest BCUT2D eigenvalue weighted by atomic mass is 9.99. The van der Waals surface area contributed by atoms with Crippen molar-refractivity contribution in [1.82, 2.24) is 4.90 Å². The van der Waals surface area contributed by atoms with Crippen LogP contribution in [0.3, 0.4) is 0 Å². The molecule has 6 rings (SSSR count). The van der Waals surface area contributed by atoms with Crippen molar-refractivity contribution < 1.29 is 14.3 Å². The van der Waals surface area contributed by atoms with Gasteiger partial charge in [0.15, 0.2) is 0 Å². The van der Waals surface area contributed by atoms with Crippen LogP contribution in [0.5, 0.6) is 0 Å². The third kappa shape index (κ3) is 7.20. The fourth-order valence-electron chi connectivity index (χ4n) is 5.59. The summed E-state index contributed by atoms with van der Waals surface area (Å²) in [6.45, 7) is 4.52. The number of esters is 1. The fourth-order valence-corrected chi connectivity index (χ4v) is 5.59. The van der Waals surface area contributed by atoms with E-state index in [1.807, 2.05) is 42.5 Å². The van der Waals surface area contributed by atoms with Crippen molar-refractivity contribution in [3.8, 4) is 0 Å². The van der Waals surface area contributed by atoms with Crippen molar-refractivity contribution in [2.75, 3.05) is 17.2 Å². The molecule has 0 aromatic heterocycles. The second-order valence-corrected chi connectivity index (χ2v) is 11.0. The summed E-state index contributed by atoms with van der Waals surface area (Å²) in [4.78, 5) is 28.1. The summed E-state index contributed by atoms with van der Waals surface area (Å²) in [5, 5.41) is 6.48. The van der Waals surface area contributed by atoms with Gasteiger partial charge in [0.1, 0.15) is 0 Å².